The minimum atomic E-state index is -0.323. The summed E-state index contributed by atoms with van der Waals surface area (Å²) in [4.78, 5) is 16.0. The van der Waals surface area contributed by atoms with Crippen molar-refractivity contribution in [1.82, 2.24) is 15.5 Å². The number of aromatic nitrogens is 2. The molecule has 112 valence electrons. The van der Waals surface area contributed by atoms with E-state index in [0.717, 1.165) is 5.56 Å². The molecule has 1 aromatic heterocycles. The molecule has 1 atom stereocenters. The second kappa shape index (κ2) is 6.72. The number of rotatable bonds is 5. The molecule has 0 saturated heterocycles. The Bertz CT molecular complexity index is 625. The quantitative estimate of drug-likeness (QED) is 0.916. The Labute approximate surface area is 128 Å². The zero-order valence-corrected chi connectivity index (χ0v) is 13.0. The van der Waals surface area contributed by atoms with Crippen molar-refractivity contribution in [1.29, 1.82) is 0 Å². The van der Waals surface area contributed by atoms with E-state index in [2.05, 4.69) is 15.5 Å². The lowest BCUT2D eigenvalue weighted by atomic mass is 10.1. The van der Waals surface area contributed by atoms with E-state index < -0.39 is 0 Å². The maximum atomic E-state index is 11.7. The third-order valence-electron chi connectivity index (χ3n) is 2.87. The van der Waals surface area contributed by atoms with Gasteiger partial charge in [-0.15, -0.1) is 0 Å². The predicted octanol–water partition coefficient (Wildman–Crippen LogP) is 3.61. The summed E-state index contributed by atoms with van der Waals surface area (Å²) in [7, 11) is 0. The number of hydrogen-bond donors (Lipinski definition) is 1. The molecule has 5 nitrogen and oxygen atoms in total. The Hall–Kier alpha value is -1.88. The number of nitrogens with zero attached hydrogens (tertiary/aromatic N) is 2. The molecule has 6 heteroatoms. The van der Waals surface area contributed by atoms with E-state index in [-0.39, 0.29) is 11.9 Å². The highest BCUT2D eigenvalue weighted by atomic mass is 35.5. The van der Waals surface area contributed by atoms with Gasteiger partial charge >= 0.3 is 0 Å². The first kappa shape index (κ1) is 15.5. The van der Waals surface area contributed by atoms with E-state index in [0.29, 0.717) is 29.1 Å². The molecular weight excluding hydrogens is 290 g/mol. The van der Waals surface area contributed by atoms with E-state index in [4.69, 9.17) is 16.1 Å². The zero-order chi connectivity index (χ0) is 15.4. The highest BCUT2D eigenvalue weighted by molar-refractivity contribution is 6.30. The number of carbonyl (C=O) groups excluding carboxylic acids is 1. The SMILES string of the molecule is CC(C)CC(=O)N[C@H](C)c1nc(-c2cccc(Cl)c2)no1. The third kappa shape index (κ3) is 4.29. The molecule has 0 aliphatic carbocycles. The van der Waals surface area contributed by atoms with Gasteiger partial charge in [0.2, 0.25) is 17.6 Å². The van der Waals surface area contributed by atoms with Gasteiger partial charge in [-0.05, 0) is 25.0 Å². The van der Waals surface area contributed by atoms with Gasteiger partial charge in [-0.2, -0.15) is 4.98 Å². The summed E-state index contributed by atoms with van der Waals surface area (Å²) < 4.78 is 5.21. The summed E-state index contributed by atoms with van der Waals surface area (Å²) in [5, 5.41) is 7.37. The molecule has 21 heavy (non-hydrogen) atoms. The Balaban J connectivity index is 2.07. The zero-order valence-electron chi connectivity index (χ0n) is 12.3. The highest BCUT2D eigenvalue weighted by Gasteiger charge is 2.17. The van der Waals surface area contributed by atoms with E-state index in [1.165, 1.54) is 0 Å². The lowest BCUT2D eigenvalue weighted by Gasteiger charge is -2.10. The molecule has 2 rings (SSSR count). The molecule has 0 aliphatic heterocycles. The molecule has 1 heterocycles. The number of halogens is 1. The number of amides is 1. The molecule has 0 bridgehead atoms. The Kier molecular flexibility index (Phi) is 4.96. The van der Waals surface area contributed by atoms with Crippen LogP contribution in [0.15, 0.2) is 28.8 Å². The number of nitrogens with one attached hydrogen (secondary N) is 1. The van der Waals surface area contributed by atoms with Crippen molar-refractivity contribution in [3.63, 3.8) is 0 Å². The molecule has 0 spiro atoms. The second-order valence-corrected chi connectivity index (χ2v) is 5.79. The van der Waals surface area contributed by atoms with Crippen LogP contribution in [-0.4, -0.2) is 16.0 Å². The molecular formula is C15H18ClN3O2. The van der Waals surface area contributed by atoms with Gasteiger partial charge in [-0.1, -0.05) is 42.7 Å². The van der Waals surface area contributed by atoms with Gasteiger partial charge < -0.3 is 9.84 Å². The first-order chi connectivity index (χ1) is 9.95. The van der Waals surface area contributed by atoms with E-state index in [1.54, 1.807) is 12.1 Å². The molecule has 1 amide bonds. The van der Waals surface area contributed by atoms with Crippen LogP contribution in [0, 0.1) is 5.92 Å². The third-order valence-corrected chi connectivity index (χ3v) is 3.10. The largest absolute Gasteiger partial charge is 0.345 e. The summed E-state index contributed by atoms with van der Waals surface area (Å²) in [6, 6.07) is 6.89. The van der Waals surface area contributed by atoms with Crippen LogP contribution in [0.2, 0.25) is 5.02 Å². The predicted molar refractivity (Wildman–Crippen MR) is 80.8 cm³/mol. The summed E-state index contributed by atoms with van der Waals surface area (Å²) in [5.74, 6) is 1.11. The van der Waals surface area contributed by atoms with Crippen LogP contribution in [-0.2, 0) is 4.79 Å². The van der Waals surface area contributed by atoms with Crippen LogP contribution in [0.4, 0.5) is 0 Å². The van der Waals surface area contributed by atoms with Crippen LogP contribution in [0.3, 0.4) is 0 Å². The average Bonchev–Trinajstić information content (AvgIpc) is 2.87. The highest BCUT2D eigenvalue weighted by Crippen LogP contribution is 2.21. The van der Waals surface area contributed by atoms with Gasteiger partial charge in [0.1, 0.15) is 6.04 Å². The van der Waals surface area contributed by atoms with Crippen LogP contribution in [0.5, 0.6) is 0 Å². The lowest BCUT2D eigenvalue weighted by molar-refractivity contribution is -0.122. The van der Waals surface area contributed by atoms with Crippen molar-refractivity contribution in [2.24, 2.45) is 5.92 Å². The van der Waals surface area contributed by atoms with E-state index in [1.807, 2.05) is 32.9 Å². The second-order valence-electron chi connectivity index (χ2n) is 5.35. The smallest absolute Gasteiger partial charge is 0.249 e. The molecule has 0 fully saturated rings. The standard InChI is InChI=1S/C15H18ClN3O2/c1-9(2)7-13(20)17-10(3)15-18-14(19-21-15)11-5-4-6-12(16)8-11/h4-6,8-10H,7H2,1-3H3,(H,17,20)/t10-/m1/s1. The Morgan fingerprint density at radius 1 is 1.38 bits per heavy atom. The lowest BCUT2D eigenvalue weighted by Crippen LogP contribution is -2.27. The molecule has 0 saturated carbocycles. The average molecular weight is 308 g/mol. The molecule has 1 aromatic carbocycles. The van der Waals surface area contributed by atoms with Crippen molar-refractivity contribution in [2.75, 3.05) is 0 Å². The van der Waals surface area contributed by atoms with Crippen molar-refractivity contribution in [3.05, 3.63) is 35.2 Å². The first-order valence-corrected chi connectivity index (χ1v) is 7.22. The summed E-state index contributed by atoms with van der Waals surface area (Å²) >= 11 is 5.94. The fraction of sp³-hybridized carbons (Fsp3) is 0.400. The van der Waals surface area contributed by atoms with E-state index in [9.17, 15) is 4.79 Å². The van der Waals surface area contributed by atoms with Crippen molar-refractivity contribution >= 4 is 17.5 Å². The van der Waals surface area contributed by atoms with Crippen LogP contribution in [0.25, 0.3) is 11.4 Å². The van der Waals surface area contributed by atoms with Gasteiger partial charge in [-0.25, -0.2) is 0 Å². The monoisotopic (exact) mass is 307 g/mol. The van der Waals surface area contributed by atoms with Crippen molar-refractivity contribution in [3.8, 4) is 11.4 Å². The van der Waals surface area contributed by atoms with Gasteiger partial charge in [0.05, 0.1) is 0 Å². The van der Waals surface area contributed by atoms with Gasteiger partial charge in [0, 0.05) is 17.0 Å². The number of carbonyl (C=O) groups is 1. The van der Waals surface area contributed by atoms with Gasteiger partial charge in [0.25, 0.3) is 0 Å². The fourth-order valence-corrected chi connectivity index (χ4v) is 2.08. The molecule has 0 aliphatic rings. The Morgan fingerprint density at radius 3 is 2.81 bits per heavy atom. The minimum absolute atomic E-state index is 0.0278. The minimum Gasteiger partial charge on any atom is -0.345 e. The fourth-order valence-electron chi connectivity index (χ4n) is 1.89. The van der Waals surface area contributed by atoms with Crippen molar-refractivity contribution in [2.45, 2.75) is 33.2 Å². The maximum Gasteiger partial charge on any atom is 0.249 e. The number of benzene rings is 1. The van der Waals surface area contributed by atoms with Gasteiger partial charge in [-0.3, -0.25) is 4.79 Å². The van der Waals surface area contributed by atoms with Crippen LogP contribution >= 0.6 is 11.6 Å². The summed E-state index contributed by atoms with van der Waals surface area (Å²) in [6.45, 7) is 5.80. The molecule has 0 unspecified atom stereocenters. The number of hydrogen-bond acceptors (Lipinski definition) is 4. The normalized spacial score (nSPS) is 12.4. The summed E-state index contributed by atoms with van der Waals surface area (Å²) in [5.41, 5.74) is 0.776. The van der Waals surface area contributed by atoms with Crippen molar-refractivity contribution < 1.29 is 9.32 Å². The summed E-state index contributed by atoms with van der Waals surface area (Å²) in [6.07, 6.45) is 0.472. The molecule has 1 N–H and O–H groups in total. The van der Waals surface area contributed by atoms with Gasteiger partial charge in [0.15, 0.2) is 0 Å². The van der Waals surface area contributed by atoms with Crippen LogP contribution in [0.1, 0.15) is 39.1 Å². The first-order valence-electron chi connectivity index (χ1n) is 6.84. The molecule has 2 aromatic rings. The maximum absolute atomic E-state index is 11.7. The topological polar surface area (TPSA) is 68.0 Å². The van der Waals surface area contributed by atoms with Crippen LogP contribution < -0.4 is 5.32 Å². The Morgan fingerprint density at radius 2 is 2.14 bits per heavy atom. The van der Waals surface area contributed by atoms with E-state index >= 15 is 0 Å². The molecule has 0 radical (unpaired) electrons.